The van der Waals surface area contributed by atoms with Crippen molar-refractivity contribution in [2.24, 2.45) is 0 Å². The van der Waals surface area contributed by atoms with Gasteiger partial charge in [0.2, 0.25) is 0 Å². The fraction of sp³-hybridized carbons (Fsp3) is 0.909. The lowest BCUT2D eigenvalue weighted by atomic mass is 10.1. The van der Waals surface area contributed by atoms with Gasteiger partial charge in [-0.15, -0.1) is 0 Å². The van der Waals surface area contributed by atoms with Crippen LogP contribution in [0.3, 0.4) is 0 Å². The van der Waals surface area contributed by atoms with E-state index in [1.165, 1.54) is 25.7 Å². The molecule has 0 unspecified atom stereocenters. The number of hydrogen-bond acceptors (Lipinski definition) is 10. The normalized spacial score (nSPS) is 12.5. The van der Waals surface area contributed by atoms with Crippen LogP contribution < -0.4 is 5.32 Å². The Morgan fingerprint density at radius 1 is 0.481 bits per heavy atom. The standard InChI is InChI=1S/C44H84N2O8/c1-7-11-21-28-39(9-3)53-43(49)32-25-19-15-13-17-23-30-41(47)51-36-38(45-34-27-35-46(5)6)37-52-42(48)31-24-18-14-16-20-26-33-44(50)54-40(10-4)29-22-12-8-2/h38-40,45H,7-37H2,1-6H3/t39-,40-/m0/s1. The Bertz CT molecular complexity index is 851. The van der Waals surface area contributed by atoms with Crippen molar-refractivity contribution in [3.05, 3.63) is 0 Å². The molecule has 0 spiro atoms. The molecule has 10 heteroatoms. The first-order valence-corrected chi connectivity index (χ1v) is 22.2. The summed E-state index contributed by atoms with van der Waals surface area (Å²) in [5.74, 6) is -0.597. The zero-order valence-electron chi connectivity index (χ0n) is 35.9. The van der Waals surface area contributed by atoms with Crippen molar-refractivity contribution in [3.63, 3.8) is 0 Å². The molecule has 0 aliphatic carbocycles. The lowest BCUT2D eigenvalue weighted by Crippen LogP contribution is -2.40. The first-order chi connectivity index (χ1) is 26.1. The summed E-state index contributed by atoms with van der Waals surface area (Å²) in [6.07, 6.45) is 24.6. The number of nitrogens with zero attached hydrogens (tertiary/aromatic N) is 1. The molecule has 10 nitrogen and oxygen atoms in total. The lowest BCUT2D eigenvalue weighted by molar-refractivity contribution is -0.150. The number of nitrogens with one attached hydrogen (secondary N) is 1. The number of carbonyl (C=O) groups is 4. The summed E-state index contributed by atoms with van der Waals surface area (Å²) in [6, 6.07) is -0.244. The van der Waals surface area contributed by atoms with Gasteiger partial charge >= 0.3 is 23.9 Å². The minimum Gasteiger partial charge on any atom is -0.464 e. The third-order valence-corrected chi connectivity index (χ3v) is 9.90. The molecule has 0 aromatic carbocycles. The highest BCUT2D eigenvalue weighted by Gasteiger charge is 2.16. The van der Waals surface area contributed by atoms with E-state index in [1.807, 2.05) is 14.1 Å². The van der Waals surface area contributed by atoms with Crippen LogP contribution in [0.25, 0.3) is 0 Å². The monoisotopic (exact) mass is 769 g/mol. The second kappa shape index (κ2) is 37.7. The van der Waals surface area contributed by atoms with Crippen LogP contribution in [0.4, 0.5) is 0 Å². The first-order valence-electron chi connectivity index (χ1n) is 22.2. The average Bonchev–Trinajstić information content (AvgIpc) is 3.15. The van der Waals surface area contributed by atoms with E-state index in [4.69, 9.17) is 18.9 Å². The molecule has 0 aliphatic rings. The van der Waals surface area contributed by atoms with Crippen molar-refractivity contribution in [2.45, 2.75) is 219 Å². The number of hydrogen-bond donors (Lipinski definition) is 1. The Labute approximate surface area is 331 Å². The van der Waals surface area contributed by atoms with Gasteiger partial charge in [0.15, 0.2) is 0 Å². The van der Waals surface area contributed by atoms with Crippen LogP contribution in [0.1, 0.15) is 201 Å². The predicted molar refractivity (Wildman–Crippen MR) is 219 cm³/mol. The van der Waals surface area contributed by atoms with Gasteiger partial charge in [-0.2, -0.15) is 0 Å². The summed E-state index contributed by atoms with van der Waals surface area (Å²) in [6.45, 7) is 10.5. The summed E-state index contributed by atoms with van der Waals surface area (Å²) in [7, 11) is 4.06. The van der Waals surface area contributed by atoms with Crippen molar-refractivity contribution in [1.29, 1.82) is 0 Å². The maximum Gasteiger partial charge on any atom is 0.306 e. The van der Waals surface area contributed by atoms with E-state index in [-0.39, 0.29) is 55.3 Å². The van der Waals surface area contributed by atoms with Gasteiger partial charge < -0.3 is 29.2 Å². The molecular formula is C44H84N2O8. The average molecular weight is 769 g/mol. The molecule has 0 rings (SSSR count). The van der Waals surface area contributed by atoms with Crippen molar-refractivity contribution in [2.75, 3.05) is 40.4 Å². The third kappa shape index (κ3) is 34.3. The van der Waals surface area contributed by atoms with E-state index in [0.29, 0.717) is 25.7 Å². The van der Waals surface area contributed by atoms with Gasteiger partial charge in [0.25, 0.3) is 0 Å². The van der Waals surface area contributed by atoms with E-state index >= 15 is 0 Å². The van der Waals surface area contributed by atoms with Gasteiger partial charge in [0, 0.05) is 25.7 Å². The minimum absolute atomic E-state index is 0.0556. The van der Waals surface area contributed by atoms with Crippen LogP contribution in [0.2, 0.25) is 0 Å². The van der Waals surface area contributed by atoms with Crippen LogP contribution in [0.15, 0.2) is 0 Å². The van der Waals surface area contributed by atoms with E-state index < -0.39 is 0 Å². The maximum absolute atomic E-state index is 12.5. The molecule has 0 saturated carbocycles. The highest BCUT2D eigenvalue weighted by atomic mass is 16.6. The van der Waals surface area contributed by atoms with Gasteiger partial charge in [0.1, 0.15) is 25.4 Å². The highest BCUT2D eigenvalue weighted by molar-refractivity contribution is 5.70. The van der Waals surface area contributed by atoms with E-state index in [2.05, 4.69) is 37.9 Å². The first kappa shape index (κ1) is 51.8. The van der Waals surface area contributed by atoms with Gasteiger partial charge in [-0.1, -0.05) is 105 Å². The number of esters is 4. The molecule has 0 bridgehead atoms. The summed E-state index contributed by atoms with van der Waals surface area (Å²) in [5.41, 5.74) is 0. The Balaban J connectivity index is 4.16. The molecule has 0 heterocycles. The number of unbranched alkanes of at least 4 members (excludes halogenated alkanes) is 14. The summed E-state index contributed by atoms with van der Waals surface area (Å²) >= 11 is 0. The van der Waals surface area contributed by atoms with Crippen LogP contribution in [0, 0.1) is 0 Å². The molecule has 0 radical (unpaired) electrons. The van der Waals surface area contributed by atoms with Crippen molar-refractivity contribution in [3.8, 4) is 0 Å². The van der Waals surface area contributed by atoms with Crippen LogP contribution in [-0.2, 0) is 38.1 Å². The number of carbonyl (C=O) groups excluding carboxylic acids is 4. The van der Waals surface area contributed by atoms with E-state index in [1.54, 1.807) is 0 Å². The largest absolute Gasteiger partial charge is 0.464 e. The zero-order chi connectivity index (χ0) is 40.1. The van der Waals surface area contributed by atoms with Gasteiger partial charge in [0.05, 0.1) is 6.04 Å². The number of ether oxygens (including phenoxy) is 4. The molecule has 2 atom stereocenters. The summed E-state index contributed by atoms with van der Waals surface area (Å²) < 4.78 is 22.4. The quantitative estimate of drug-likeness (QED) is 0.0368. The number of rotatable bonds is 39. The zero-order valence-corrected chi connectivity index (χ0v) is 35.9. The Kier molecular flexibility index (Phi) is 36.2. The van der Waals surface area contributed by atoms with Crippen molar-refractivity contribution < 1.29 is 38.1 Å². The van der Waals surface area contributed by atoms with Gasteiger partial charge in [-0.25, -0.2) is 0 Å². The van der Waals surface area contributed by atoms with Crippen LogP contribution >= 0.6 is 0 Å². The molecule has 0 aromatic heterocycles. The molecule has 0 amide bonds. The second-order valence-corrected chi connectivity index (χ2v) is 15.4. The molecule has 1 N–H and O–H groups in total. The molecule has 0 fully saturated rings. The molecule has 0 saturated heterocycles. The van der Waals surface area contributed by atoms with E-state index in [9.17, 15) is 19.2 Å². The third-order valence-electron chi connectivity index (χ3n) is 9.90. The smallest absolute Gasteiger partial charge is 0.306 e. The Morgan fingerprint density at radius 2 is 0.852 bits per heavy atom. The molecule has 318 valence electrons. The fourth-order valence-electron chi connectivity index (χ4n) is 6.32. The predicted octanol–water partition coefficient (Wildman–Crippen LogP) is 10.0. The molecule has 54 heavy (non-hydrogen) atoms. The SMILES string of the molecule is CCCCC[C@H](CC)OC(=O)CCCCCCCCC(=O)OCC(COC(=O)CCCCCCCCC(=O)O[C@@H](CC)CCCCC)NCCCN(C)C. The molecule has 0 aliphatic heterocycles. The van der Waals surface area contributed by atoms with Gasteiger partial charge in [-0.3, -0.25) is 19.2 Å². The lowest BCUT2D eigenvalue weighted by Gasteiger charge is -2.19. The van der Waals surface area contributed by atoms with E-state index in [0.717, 1.165) is 135 Å². The minimum atomic E-state index is -0.244. The van der Waals surface area contributed by atoms with Gasteiger partial charge in [-0.05, 0) is 97.8 Å². The maximum atomic E-state index is 12.5. The van der Waals surface area contributed by atoms with Crippen molar-refractivity contribution in [1.82, 2.24) is 10.2 Å². The van der Waals surface area contributed by atoms with Crippen molar-refractivity contribution >= 4 is 23.9 Å². The Hall–Kier alpha value is -2.20. The second-order valence-electron chi connectivity index (χ2n) is 15.4. The molecular weight excluding hydrogens is 684 g/mol. The van der Waals surface area contributed by atoms with Crippen LogP contribution in [0.5, 0.6) is 0 Å². The fourth-order valence-corrected chi connectivity index (χ4v) is 6.32. The Morgan fingerprint density at radius 3 is 1.20 bits per heavy atom. The topological polar surface area (TPSA) is 120 Å². The molecule has 0 aromatic rings. The highest BCUT2D eigenvalue weighted by Crippen LogP contribution is 2.15. The summed E-state index contributed by atoms with van der Waals surface area (Å²) in [4.78, 5) is 51.4. The van der Waals surface area contributed by atoms with Crippen LogP contribution in [-0.4, -0.2) is 87.4 Å². The summed E-state index contributed by atoms with van der Waals surface area (Å²) in [5, 5.41) is 3.40.